The maximum absolute atomic E-state index is 11.2. The van der Waals surface area contributed by atoms with Crippen molar-refractivity contribution in [1.82, 2.24) is 0 Å². The van der Waals surface area contributed by atoms with E-state index in [0.29, 0.717) is 22.1 Å². The Balaban J connectivity index is 1.75. The zero-order valence-corrected chi connectivity index (χ0v) is 13.4. The predicted octanol–water partition coefficient (Wildman–Crippen LogP) is 4.92. The van der Waals surface area contributed by atoms with Crippen LogP contribution in [-0.4, -0.2) is 17.3 Å². The van der Waals surface area contributed by atoms with Gasteiger partial charge in [-0.15, -0.1) is 0 Å². The van der Waals surface area contributed by atoms with Gasteiger partial charge in [0.05, 0.1) is 23.3 Å². The van der Waals surface area contributed by atoms with Gasteiger partial charge in [-0.25, -0.2) is 4.79 Å². The number of aromatic carboxylic acids is 1. The monoisotopic (exact) mass is 339 g/mol. The fourth-order valence-electron chi connectivity index (χ4n) is 2.33. The summed E-state index contributed by atoms with van der Waals surface area (Å²) in [4.78, 5) is 15.4. The standard InChI is InChI=1S/C19H14ClNO3/c20-17-8-4-3-7-16(17)18-10-9-14(24-18)12-21-11-13-5-1-2-6-15(13)19(22)23/h1-10,12H,11H2,(H,22,23). The van der Waals surface area contributed by atoms with Gasteiger partial charge in [-0.2, -0.15) is 0 Å². The second kappa shape index (κ2) is 7.15. The van der Waals surface area contributed by atoms with Gasteiger partial charge in [-0.3, -0.25) is 4.99 Å². The molecule has 0 aliphatic heterocycles. The van der Waals surface area contributed by atoms with Crippen LogP contribution in [-0.2, 0) is 6.54 Å². The maximum Gasteiger partial charge on any atom is 0.336 e. The summed E-state index contributed by atoms with van der Waals surface area (Å²) in [6, 6.07) is 17.9. The van der Waals surface area contributed by atoms with E-state index < -0.39 is 5.97 Å². The Morgan fingerprint density at radius 3 is 2.62 bits per heavy atom. The van der Waals surface area contributed by atoms with Crippen LogP contribution in [0.4, 0.5) is 0 Å². The molecular formula is C19H14ClNO3. The lowest BCUT2D eigenvalue weighted by Gasteiger charge is -2.01. The Kier molecular flexibility index (Phi) is 4.77. The highest BCUT2D eigenvalue weighted by atomic mass is 35.5. The number of hydrogen-bond donors (Lipinski definition) is 1. The molecule has 3 aromatic rings. The highest BCUT2D eigenvalue weighted by Crippen LogP contribution is 2.28. The lowest BCUT2D eigenvalue weighted by molar-refractivity contribution is 0.0695. The van der Waals surface area contributed by atoms with Crippen LogP contribution in [0.5, 0.6) is 0 Å². The normalized spacial score (nSPS) is 11.0. The molecule has 0 bridgehead atoms. The summed E-state index contributed by atoms with van der Waals surface area (Å²) in [6.45, 7) is 0.268. The van der Waals surface area contributed by atoms with Crippen molar-refractivity contribution in [2.75, 3.05) is 0 Å². The van der Waals surface area contributed by atoms with E-state index >= 15 is 0 Å². The number of aliphatic imine (C=N–C) groups is 1. The molecule has 0 aliphatic carbocycles. The molecule has 0 spiro atoms. The third-order valence-electron chi connectivity index (χ3n) is 3.49. The Bertz CT molecular complexity index is 899. The zero-order valence-electron chi connectivity index (χ0n) is 12.6. The zero-order chi connectivity index (χ0) is 16.9. The van der Waals surface area contributed by atoms with Crippen LogP contribution < -0.4 is 0 Å². The summed E-state index contributed by atoms with van der Waals surface area (Å²) in [5.41, 5.74) is 1.72. The van der Waals surface area contributed by atoms with Crippen molar-refractivity contribution in [2.24, 2.45) is 4.99 Å². The molecule has 0 radical (unpaired) electrons. The molecule has 2 aromatic carbocycles. The summed E-state index contributed by atoms with van der Waals surface area (Å²) >= 11 is 6.15. The van der Waals surface area contributed by atoms with Gasteiger partial charge in [0, 0.05) is 5.56 Å². The van der Waals surface area contributed by atoms with Crippen LogP contribution in [0, 0.1) is 0 Å². The summed E-state index contributed by atoms with van der Waals surface area (Å²) in [5, 5.41) is 9.77. The number of rotatable bonds is 5. The number of carboxylic acids is 1. The number of halogens is 1. The SMILES string of the molecule is O=C(O)c1ccccc1CN=Cc1ccc(-c2ccccc2Cl)o1. The Hall–Kier alpha value is -2.85. The van der Waals surface area contributed by atoms with E-state index in [9.17, 15) is 4.79 Å². The average molecular weight is 340 g/mol. The van der Waals surface area contributed by atoms with E-state index in [4.69, 9.17) is 21.1 Å². The Morgan fingerprint density at radius 1 is 1.08 bits per heavy atom. The second-order valence-corrected chi connectivity index (χ2v) is 5.52. The predicted molar refractivity (Wildman–Crippen MR) is 93.9 cm³/mol. The molecule has 0 aliphatic rings. The minimum atomic E-state index is -0.959. The second-order valence-electron chi connectivity index (χ2n) is 5.11. The van der Waals surface area contributed by atoms with Crippen molar-refractivity contribution < 1.29 is 14.3 Å². The van der Waals surface area contributed by atoms with Crippen LogP contribution in [0.15, 0.2) is 70.1 Å². The third-order valence-corrected chi connectivity index (χ3v) is 3.82. The van der Waals surface area contributed by atoms with Crippen LogP contribution in [0.2, 0.25) is 5.02 Å². The molecule has 120 valence electrons. The molecular weight excluding hydrogens is 326 g/mol. The van der Waals surface area contributed by atoms with Crippen molar-refractivity contribution in [3.05, 3.63) is 82.6 Å². The fraction of sp³-hybridized carbons (Fsp3) is 0.0526. The van der Waals surface area contributed by atoms with Crippen molar-refractivity contribution in [3.8, 4) is 11.3 Å². The molecule has 1 N–H and O–H groups in total. The van der Waals surface area contributed by atoms with Gasteiger partial charge in [0.25, 0.3) is 0 Å². The summed E-state index contributed by atoms with van der Waals surface area (Å²) in [6.07, 6.45) is 1.58. The molecule has 0 unspecified atom stereocenters. The molecule has 0 atom stereocenters. The first-order chi connectivity index (χ1) is 11.6. The van der Waals surface area contributed by atoms with Gasteiger partial charge in [-0.1, -0.05) is 41.9 Å². The van der Waals surface area contributed by atoms with Crippen LogP contribution in [0.3, 0.4) is 0 Å². The molecule has 1 heterocycles. The Labute approximate surface area is 144 Å². The lowest BCUT2D eigenvalue weighted by Crippen LogP contribution is -2.01. The largest absolute Gasteiger partial charge is 0.478 e. The maximum atomic E-state index is 11.2. The topological polar surface area (TPSA) is 62.8 Å². The highest BCUT2D eigenvalue weighted by molar-refractivity contribution is 6.33. The highest BCUT2D eigenvalue weighted by Gasteiger charge is 2.09. The van der Waals surface area contributed by atoms with Crippen LogP contribution in [0.1, 0.15) is 21.7 Å². The Morgan fingerprint density at radius 2 is 1.83 bits per heavy atom. The van der Waals surface area contributed by atoms with E-state index in [2.05, 4.69) is 4.99 Å². The lowest BCUT2D eigenvalue weighted by atomic mass is 10.1. The first kappa shape index (κ1) is 16.0. The van der Waals surface area contributed by atoms with Crippen molar-refractivity contribution in [2.45, 2.75) is 6.54 Å². The van der Waals surface area contributed by atoms with Gasteiger partial charge in [0.2, 0.25) is 0 Å². The smallest absolute Gasteiger partial charge is 0.336 e. The van der Waals surface area contributed by atoms with Crippen molar-refractivity contribution >= 4 is 23.8 Å². The van der Waals surface area contributed by atoms with Crippen LogP contribution >= 0.6 is 11.6 Å². The van der Waals surface area contributed by atoms with Gasteiger partial charge >= 0.3 is 5.97 Å². The van der Waals surface area contributed by atoms with E-state index in [1.54, 1.807) is 42.6 Å². The number of hydrogen-bond acceptors (Lipinski definition) is 3. The third kappa shape index (κ3) is 3.55. The number of furan rings is 1. The van der Waals surface area contributed by atoms with Gasteiger partial charge < -0.3 is 9.52 Å². The van der Waals surface area contributed by atoms with Gasteiger partial charge in [0.15, 0.2) is 0 Å². The van der Waals surface area contributed by atoms with E-state index in [1.165, 1.54) is 0 Å². The number of benzene rings is 2. The first-order valence-corrected chi connectivity index (χ1v) is 7.68. The minimum Gasteiger partial charge on any atom is -0.478 e. The number of carboxylic acid groups (broad SMARTS) is 1. The summed E-state index contributed by atoms with van der Waals surface area (Å²) in [7, 11) is 0. The van der Waals surface area contributed by atoms with Crippen molar-refractivity contribution in [3.63, 3.8) is 0 Å². The van der Waals surface area contributed by atoms with Gasteiger partial charge in [-0.05, 0) is 35.9 Å². The summed E-state index contributed by atoms with van der Waals surface area (Å²) < 4.78 is 5.72. The molecule has 0 fully saturated rings. The van der Waals surface area contributed by atoms with Crippen LogP contribution in [0.25, 0.3) is 11.3 Å². The molecule has 5 heteroatoms. The number of nitrogens with zero attached hydrogens (tertiary/aromatic N) is 1. The minimum absolute atomic E-state index is 0.255. The average Bonchev–Trinajstić information content (AvgIpc) is 3.04. The van der Waals surface area contributed by atoms with E-state index in [-0.39, 0.29) is 12.1 Å². The quantitative estimate of drug-likeness (QED) is 0.671. The molecule has 0 saturated heterocycles. The number of carbonyl (C=O) groups is 1. The molecule has 1 aromatic heterocycles. The molecule has 3 rings (SSSR count). The molecule has 4 nitrogen and oxygen atoms in total. The fourth-order valence-corrected chi connectivity index (χ4v) is 2.56. The van der Waals surface area contributed by atoms with Crippen molar-refractivity contribution in [1.29, 1.82) is 0 Å². The molecule has 0 saturated carbocycles. The van der Waals surface area contributed by atoms with E-state index in [1.807, 2.05) is 24.3 Å². The van der Waals surface area contributed by atoms with E-state index in [0.717, 1.165) is 5.56 Å². The molecule has 24 heavy (non-hydrogen) atoms. The summed E-state index contributed by atoms with van der Waals surface area (Å²) in [5.74, 6) is 0.283. The van der Waals surface area contributed by atoms with Gasteiger partial charge in [0.1, 0.15) is 11.5 Å². The first-order valence-electron chi connectivity index (χ1n) is 7.31. The molecule has 0 amide bonds.